The van der Waals surface area contributed by atoms with Crippen LogP contribution in [0.1, 0.15) is 26.2 Å². The molecule has 0 aromatic heterocycles. The third-order valence-corrected chi connectivity index (χ3v) is 3.61. The summed E-state index contributed by atoms with van der Waals surface area (Å²) in [5.41, 5.74) is 0. The molecule has 0 radical (unpaired) electrons. The van der Waals surface area contributed by atoms with Gasteiger partial charge in [-0.15, -0.1) is 0 Å². The molecule has 2 rings (SSSR count). The first-order chi connectivity index (χ1) is 6.27. The van der Waals surface area contributed by atoms with Crippen molar-refractivity contribution in [1.29, 1.82) is 0 Å². The van der Waals surface area contributed by atoms with E-state index in [1.54, 1.807) is 0 Å². The van der Waals surface area contributed by atoms with Crippen molar-refractivity contribution in [3.8, 4) is 0 Å². The van der Waals surface area contributed by atoms with Crippen molar-refractivity contribution in [1.82, 2.24) is 4.90 Å². The number of hydrogen-bond acceptors (Lipinski definition) is 2. The van der Waals surface area contributed by atoms with Crippen LogP contribution in [0, 0.1) is 11.8 Å². The average Bonchev–Trinajstić information content (AvgIpc) is 2.83. The van der Waals surface area contributed by atoms with Crippen LogP contribution in [0.25, 0.3) is 0 Å². The molecule has 0 aromatic rings. The van der Waals surface area contributed by atoms with Gasteiger partial charge in [0.15, 0.2) is 0 Å². The molecular formula is C11H21NO. The molecule has 2 fully saturated rings. The third kappa shape index (κ3) is 2.44. The Morgan fingerprint density at radius 1 is 1.31 bits per heavy atom. The van der Waals surface area contributed by atoms with Gasteiger partial charge in [0, 0.05) is 25.8 Å². The molecule has 2 heteroatoms. The molecule has 1 saturated carbocycles. The summed E-state index contributed by atoms with van der Waals surface area (Å²) < 4.78 is 5.36. The molecule has 1 aliphatic heterocycles. The molecule has 2 atom stereocenters. The first kappa shape index (κ1) is 9.47. The number of rotatable bonds is 3. The van der Waals surface area contributed by atoms with E-state index in [0.717, 1.165) is 31.1 Å². The number of hydrogen-bond donors (Lipinski definition) is 0. The fraction of sp³-hybridized carbons (Fsp3) is 1.00. The topological polar surface area (TPSA) is 12.5 Å². The predicted octanol–water partition coefficient (Wildman–Crippen LogP) is 1.75. The van der Waals surface area contributed by atoms with E-state index in [1.165, 1.54) is 25.8 Å². The molecule has 1 heterocycles. The van der Waals surface area contributed by atoms with Crippen LogP contribution in [0.4, 0.5) is 0 Å². The van der Waals surface area contributed by atoms with Crippen LogP contribution in [0.5, 0.6) is 0 Å². The van der Waals surface area contributed by atoms with Crippen LogP contribution in [0.3, 0.4) is 0 Å². The smallest absolute Gasteiger partial charge is 0.0480 e. The van der Waals surface area contributed by atoms with Crippen molar-refractivity contribution < 1.29 is 4.74 Å². The van der Waals surface area contributed by atoms with Crippen molar-refractivity contribution in [3.63, 3.8) is 0 Å². The highest BCUT2D eigenvalue weighted by Gasteiger charge is 2.34. The Bertz CT molecular complexity index is 165. The van der Waals surface area contributed by atoms with Crippen LogP contribution in [0.15, 0.2) is 0 Å². The lowest BCUT2D eigenvalue weighted by Crippen LogP contribution is -2.37. The van der Waals surface area contributed by atoms with Gasteiger partial charge in [-0.3, -0.25) is 0 Å². The first-order valence-corrected chi connectivity index (χ1v) is 5.55. The Balaban J connectivity index is 1.72. The Kier molecular flexibility index (Phi) is 2.89. The van der Waals surface area contributed by atoms with Gasteiger partial charge in [0.2, 0.25) is 0 Å². The second-order valence-electron chi connectivity index (χ2n) is 4.76. The maximum atomic E-state index is 5.36. The van der Waals surface area contributed by atoms with E-state index in [-0.39, 0.29) is 0 Å². The van der Waals surface area contributed by atoms with Gasteiger partial charge in [0.25, 0.3) is 0 Å². The molecule has 2 aliphatic rings. The van der Waals surface area contributed by atoms with Gasteiger partial charge < -0.3 is 9.64 Å². The van der Waals surface area contributed by atoms with E-state index in [0.29, 0.717) is 0 Å². The van der Waals surface area contributed by atoms with E-state index < -0.39 is 0 Å². The van der Waals surface area contributed by atoms with E-state index in [4.69, 9.17) is 4.74 Å². The molecule has 0 aromatic carbocycles. The predicted molar refractivity (Wildman–Crippen MR) is 53.7 cm³/mol. The van der Waals surface area contributed by atoms with Gasteiger partial charge in [-0.25, -0.2) is 0 Å². The summed E-state index contributed by atoms with van der Waals surface area (Å²) in [6.07, 6.45) is 3.92. The lowest BCUT2D eigenvalue weighted by Gasteiger charge is -2.31. The molecule has 13 heavy (non-hydrogen) atoms. The Hall–Kier alpha value is -0.0800. The van der Waals surface area contributed by atoms with Gasteiger partial charge in [-0.1, -0.05) is 6.92 Å². The number of nitrogens with zero attached hydrogens (tertiary/aromatic N) is 1. The monoisotopic (exact) mass is 183 g/mol. The second kappa shape index (κ2) is 3.97. The molecule has 0 amide bonds. The summed E-state index contributed by atoms with van der Waals surface area (Å²) in [6.45, 7) is 5.61. The van der Waals surface area contributed by atoms with Crippen molar-refractivity contribution in [2.75, 3.05) is 26.8 Å². The maximum absolute atomic E-state index is 5.36. The summed E-state index contributed by atoms with van der Waals surface area (Å²) in [4.78, 5) is 2.55. The average molecular weight is 183 g/mol. The van der Waals surface area contributed by atoms with Crippen LogP contribution in [-0.4, -0.2) is 37.7 Å². The minimum absolute atomic E-state index is 0.793. The fourth-order valence-electron chi connectivity index (χ4n) is 2.30. The Morgan fingerprint density at radius 2 is 1.92 bits per heavy atom. The third-order valence-electron chi connectivity index (χ3n) is 3.61. The summed E-state index contributed by atoms with van der Waals surface area (Å²) in [5.74, 6) is 1.98. The molecule has 2 unspecified atom stereocenters. The Morgan fingerprint density at radius 3 is 2.46 bits per heavy atom. The minimum atomic E-state index is 0.793. The summed E-state index contributed by atoms with van der Waals surface area (Å²) in [6, 6.07) is 0.793. The molecule has 1 aliphatic carbocycles. The zero-order chi connectivity index (χ0) is 9.26. The largest absolute Gasteiger partial charge is 0.381 e. The standard InChI is InChI=1S/C11H21NO/c1-9-7-10(9)8-12(2)11-3-5-13-6-4-11/h9-11H,3-8H2,1-2H3. The highest BCUT2D eigenvalue weighted by molar-refractivity contribution is 4.86. The number of ether oxygens (including phenoxy) is 1. The van der Waals surface area contributed by atoms with E-state index >= 15 is 0 Å². The summed E-state index contributed by atoms with van der Waals surface area (Å²) in [5, 5.41) is 0. The summed E-state index contributed by atoms with van der Waals surface area (Å²) in [7, 11) is 2.28. The lowest BCUT2D eigenvalue weighted by atomic mass is 10.1. The van der Waals surface area contributed by atoms with E-state index in [1.807, 2.05) is 0 Å². The molecule has 2 nitrogen and oxygen atoms in total. The SMILES string of the molecule is CC1CC1CN(C)C1CCOCC1. The fourth-order valence-corrected chi connectivity index (χ4v) is 2.30. The van der Waals surface area contributed by atoms with Crippen LogP contribution in [0.2, 0.25) is 0 Å². The summed E-state index contributed by atoms with van der Waals surface area (Å²) >= 11 is 0. The molecule has 0 spiro atoms. The van der Waals surface area contributed by atoms with Crippen LogP contribution >= 0.6 is 0 Å². The van der Waals surface area contributed by atoms with Gasteiger partial charge >= 0.3 is 0 Å². The van der Waals surface area contributed by atoms with Gasteiger partial charge in [0.05, 0.1) is 0 Å². The maximum Gasteiger partial charge on any atom is 0.0480 e. The zero-order valence-corrected chi connectivity index (χ0v) is 8.83. The van der Waals surface area contributed by atoms with Crippen molar-refractivity contribution >= 4 is 0 Å². The van der Waals surface area contributed by atoms with Gasteiger partial charge in [-0.2, -0.15) is 0 Å². The first-order valence-electron chi connectivity index (χ1n) is 5.55. The van der Waals surface area contributed by atoms with Crippen molar-refractivity contribution in [2.24, 2.45) is 11.8 Å². The quantitative estimate of drug-likeness (QED) is 0.661. The van der Waals surface area contributed by atoms with Crippen LogP contribution in [-0.2, 0) is 4.74 Å². The van der Waals surface area contributed by atoms with Gasteiger partial charge in [0.1, 0.15) is 0 Å². The van der Waals surface area contributed by atoms with Gasteiger partial charge in [-0.05, 0) is 38.1 Å². The molecular weight excluding hydrogens is 162 g/mol. The van der Waals surface area contributed by atoms with E-state index in [9.17, 15) is 0 Å². The minimum Gasteiger partial charge on any atom is -0.381 e. The lowest BCUT2D eigenvalue weighted by molar-refractivity contribution is 0.0413. The normalized spacial score (nSPS) is 35.3. The highest BCUT2D eigenvalue weighted by atomic mass is 16.5. The molecule has 76 valence electrons. The zero-order valence-electron chi connectivity index (χ0n) is 8.83. The highest BCUT2D eigenvalue weighted by Crippen LogP contribution is 2.38. The molecule has 1 saturated heterocycles. The molecule has 0 bridgehead atoms. The van der Waals surface area contributed by atoms with Crippen molar-refractivity contribution in [2.45, 2.75) is 32.2 Å². The van der Waals surface area contributed by atoms with Crippen LogP contribution < -0.4 is 0 Å². The van der Waals surface area contributed by atoms with E-state index in [2.05, 4.69) is 18.9 Å². The Labute approximate surface area is 81.3 Å². The second-order valence-corrected chi connectivity index (χ2v) is 4.76. The van der Waals surface area contributed by atoms with Crippen molar-refractivity contribution in [3.05, 3.63) is 0 Å². The molecule has 0 N–H and O–H groups in total.